The van der Waals surface area contributed by atoms with Gasteiger partial charge in [-0.05, 0) is 17.4 Å². The Labute approximate surface area is 88.6 Å². The van der Waals surface area contributed by atoms with Crippen LogP contribution in [0.1, 0.15) is 11.1 Å². The van der Waals surface area contributed by atoms with Gasteiger partial charge in [0.05, 0.1) is 0 Å². The zero-order valence-corrected chi connectivity index (χ0v) is 9.03. The summed E-state index contributed by atoms with van der Waals surface area (Å²) >= 11 is 1.40. The van der Waals surface area contributed by atoms with Crippen molar-refractivity contribution in [1.82, 2.24) is 5.32 Å². The zero-order valence-electron chi connectivity index (χ0n) is 8.21. The van der Waals surface area contributed by atoms with Crippen molar-refractivity contribution in [2.24, 2.45) is 5.73 Å². The number of nitrogens with two attached hydrogens (primary N) is 1. The Bertz CT molecular complexity index is 312. The molecule has 0 saturated carbocycles. The Kier molecular flexibility index (Phi) is 4.49. The molecule has 3 nitrogen and oxygen atoms in total. The highest BCUT2D eigenvalue weighted by Crippen LogP contribution is 2.04. The Morgan fingerprint density at radius 1 is 1.50 bits per heavy atom. The molecule has 14 heavy (non-hydrogen) atoms. The summed E-state index contributed by atoms with van der Waals surface area (Å²) in [5, 5.41) is 10.9. The van der Waals surface area contributed by atoms with Gasteiger partial charge >= 0.3 is 0 Å². The minimum atomic E-state index is 0.489. The maximum absolute atomic E-state index is 7.41. The van der Waals surface area contributed by atoms with Crippen molar-refractivity contribution in [3.8, 4) is 0 Å². The van der Waals surface area contributed by atoms with Gasteiger partial charge in [0.15, 0.2) is 5.17 Å². The van der Waals surface area contributed by atoms with Crippen LogP contribution in [0.2, 0.25) is 0 Å². The van der Waals surface area contributed by atoms with E-state index >= 15 is 0 Å². The summed E-state index contributed by atoms with van der Waals surface area (Å²) in [5.41, 5.74) is 7.82. The van der Waals surface area contributed by atoms with Crippen molar-refractivity contribution < 1.29 is 0 Å². The molecule has 0 aliphatic heterocycles. The summed E-state index contributed by atoms with van der Waals surface area (Å²) in [6.45, 7) is 1.25. The number of hydrogen-bond acceptors (Lipinski definition) is 3. The van der Waals surface area contributed by atoms with Gasteiger partial charge in [-0.3, -0.25) is 5.41 Å². The van der Waals surface area contributed by atoms with Crippen LogP contribution in [0.5, 0.6) is 0 Å². The van der Waals surface area contributed by atoms with Crippen molar-refractivity contribution in [3.63, 3.8) is 0 Å². The molecule has 0 atom stereocenters. The number of rotatable bonds is 3. The van der Waals surface area contributed by atoms with E-state index in [9.17, 15) is 0 Å². The molecule has 0 radical (unpaired) electrons. The second-order valence-corrected chi connectivity index (χ2v) is 3.73. The van der Waals surface area contributed by atoms with Crippen LogP contribution in [0.3, 0.4) is 0 Å². The fourth-order valence-corrected chi connectivity index (χ4v) is 1.34. The van der Waals surface area contributed by atoms with Crippen molar-refractivity contribution in [1.29, 1.82) is 5.41 Å². The standard InChI is InChI=1S/C10H15N3S/c1-14-10(12)13-7-9-4-2-3-8(5-9)6-11/h2-5H,6-7,11H2,1H3,(H2,12,13). The minimum Gasteiger partial charge on any atom is -0.361 e. The van der Waals surface area contributed by atoms with Crippen LogP contribution in [-0.4, -0.2) is 11.4 Å². The average molecular weight is 209 g/mol. The van der Waals surface area contributed by atoms with E-state index in [-0.39, 0.29) is 0 Å². The van der Waals surface area contributed by atoms with Crippen LogP contribution in [0.15, 0.2) is 24.3 Å². The van der Waals surface area contributed by atoms with Gasteiger partial charge in [0.1, 0.15) is 0 Å². The van der Waals surface area contributed by atoms with Crippen LogP contribution in [0, 0.1) is 5.41 Å². The molecule has 4 heteroatoms. The molecule has 0 aliphatic rings. The molecule has 1 aromatic rings. The molecule has 0 amide bonds. The largest absolute Gasteiger partial charge is 0.361 e. The summed E-state index contributed by atoms with van der Waals surface area (Å²) in [4.78, 5) is 0. The van der Waals surface area contributed by atoms with E-state index in [1.165, 1.54) is 11.8 Å². The van der Waals surface area contributed by atoms with Crippen molar-refractivity contribution >= 4 is 16.9 Å². The molecule has 0 fully saturated rings. The first-order valence-electron chi connectivity index (χ1n) is 4.40. The number of benzene rings is 1. The van der Waals surface area contributed by atoms with Crippen molar-refractivity contribution in [2.75, 3.05) is 6.26 Å². The molecule has 76 valence electrons. The molecular weight excluding hydrogens is 194 g/mol. The Balaban J connectivity index is 2.54. The SMILES string of the molecule is CSC(=N)NCc1cccc(CN)c1. The highest BCUT2D eigenvalue weighted by molar-refractivity contribution is 8.13. The summed E-state index contributed by atoms with van der Waals surface area (Å²) in [7, 11) is 0. The average Bonchev–Trinajstić information content (AvgIpc) is 2.26. The number of nitrogens with one attached hydrogen (secondary N) is 2. The number of hydrogen-bond donors (Lipinski definition) is 3. The van der Waals surface area contributed by atoms with E-state index in [2.05, 4.69) is 11.4 Å². The maximum atomic E-state index is 7.41. The van der Waals surface area contributed by atoms with Gasteiger partial charge in [0, 0.05) is 13.1 Å². The minimum absolute atomic E-state index is 0.489. The molecule has 1 rings (SSSR count). The summed E-state index contributed by atoms with van der Waals surface area (Å²) in [6.07, 6.45) is 1.88. The van der Waals surface area contributed by atoms with Gasteiger partial charge in [0.25, 0.3) is 0 Å². The first-order chi connectivity index (χ1) is 6.76. The second kappa shape index (κ2) is 5.67. The number of thioether (sulfide) groups is 1. The lowest BCUT2D eigenvalue weighted by Crippen LogP contribution is -2.18. The fourth-order valence-electron chi connectivity index (χ4n) is 1.12. The van der Waals surface area contributed by atoms with E-state index in [1.54, 1.807) is 0 Å². The molecule has 0 aliphatic carbocycles. The fraction of sp³-hybridized carbons (Fsp3) is 0.300. The van der Waals surface area contributed by atoms with Crippen LogP contribution in [-0.2, 0) is 13.1 Å². The molecule has 1 aromatic carbocycles. The molecule has 0 unspecified atom stereocenters. The molecule has 0 heterocycles. The predicted molar refractivity (Wildman–Crippen MR) is 62.4 cm³/mol. The van der Waals surface area contributed by atoms with Crippen molar-refractivity contribution in [3.05, 3.63) is 35.4 Å². The van der Waals surface area contributed by atoms with Gasteiger partial charge in [-0.1, -0.05) is 36.0 Å². The Morgan fingerprint density at radius 2 is 2.21 bits per heavy atom. The van der Waals surface area contributed by atoms with Gasteiger partial charge in [-0.15, -0.1) is 0 Å². The van der Waals surface area contributed by atoms with Gasteiger partial charge in [0.2, 0.25) is 0 Å². The first-order valence-corrected chi connectivity index (χ1v) is 5.63. The van der Waals surface area contributed by atoms with Crippen LogP contribution in [0.4, 0.5) is 0 Å². The van der Waals surface area contributed by atoms with Crippen LogP contribution in [0.25, 0.3) is 0 Å². The lowest BCUT2D eigenvalue weighted by atomic mass is 10.1. The highest BCUT2D eigenvalue weighted by atomic mass is 32.2. The van der Waals surface area contributed by atoms with Gasteiger partial charge in [-0.25, -0.2) is 0 Å². The lowest BCUT2D eigenvalue weighted by molar-refractivity contribution is 0.915. The van der Waals surface area contributed by atoms with E-state index in [1.807, 2.05) is 24.5 Å². The summed E-state index contributed by atoms with van der Waals surface area (Å²) in [6, 6.07) is 8.08. The van der Waals surface area contributed by atoms with E-state index in [0.29, 0.717) is 18.3 Å². The van der Waals surface area contributed by atoms with Crippen molar-refractivity contribution in [2.45, 2.75) is 13.1 Å². The second-order valence-electron chi connectivity index (χ2n) is 2.91. The smallest absolute Gasteiger partial charge is 0.153 e. The lowest BCUT2D eigenvalue weighted by Gasteiger charge is -2.06. The normalized spacial score (nSPS) is 9.86. The highest BCUT2D eigenvalue weighted by Gasteiger charge is 1.96. The topological polar surface area (TPSA) is 61.9 Å². The third kappa shape index (κ3) is 3.40. The summed E-state index contributed by atoms with van der Waals surface area (Å²) < 4.78 is 0. The molecular formula is C10H15N3S. The van der Waals surface area contributed by atoms with Crippen LogP contribution < -0.4 is 11.1 Å². The molecule has 0 spiro atoms. The van der Waals surface area contributed by atoms with Gasteiger partial charge in [-0.2, -0.15) is 0 Å². The third-order valence-electron chi connectivity index (χ3n) is 1.88. The van der Waals surface area contributed by atoms with E-state index in [4.69, 9.17) is 11.1 Å². The van der Waals surface area contributed by atoms with Gasteiger partial charge < -0.3 is 11.1 Å². The monoisotopic (exact) mass is 209 g/mol. The molecule has 0 bridgehead atoms. The first kappa shape index (κ1) is 11.1. The zero-order chi connectivity index (χ0) is 10.4. The third-order valence-corrected chi connectivity index (χ3v) is 2.44. The van der Waals surface area contributed by atoms with E-state index in [0.717, 1.165) is 11.1 Å². The molecule has 0 aromatic heterocycles. The van der Waals surface area contributed by atoms with Crippen LogP contribution >= 0.6 is 11.8 Å². The Hall–Kier alpha value is -1.00. The molecule has 0 saturated heterocycles. The quantitative estimate of drug-likeness (QED) is 0.522. The predicted octanol–water partition coefficient (Wildman–Crippen LogP) is 1.53. The Morgan fingerprint density at radius 3 is 2.86 bits per heavy atom. The summed E-state index contributed by atoms with van der Waals surface area (Å²) in [5.74, 6) is 0. The van der Waals surface area contributed by atoms with E-state index < -0.39 is 0 Å². The molecule has 4 N–H and O–H groups in total. The number of amidine groups is 1. The maximum Gasteiger partial charge on any atom is 0.153 e.